The standard InChI is InChI=1S/C11H22N2O3/c1-11(2,3)16-10(15)13-6-8-4-5-12-7-9(8)14/h8-9,12,14H,4-7H2,1-3H3,(H,13,15)/t8-,9-/m0/s1. The van der Waals surface area contributed by atoms with E-state index in [1.54, 1.807) is 0 Å². The van der Waals surface area contributed by atoms with Gasteiger partial charge in [0.25, 0.3) is 0 Å². The van der Waals surface area contributed by atoms with Crippen LogP contribution in [-0.2, 0) is 4.74 Å². The van der Waals surface area contributed by atoms with Crippen LogP contribution in [0.3, 0.4) is 0 Å². The van der Waals surface area contributed by atoms with Gasteiger partial charge in [-0.15, -0.1) is 0 Å². The van der Waals surface area contributed by atoms with Crippen molar-refractivity contribution in [3.63, 3.8) is 0 Å². The van der Waals surface area contributed by atoms with Crippen molar-refractivity contribution >= 4 is 6.09 Å². The van der Waals surface area contributed by atoms with Gasteiger partial charge in [0.1, 0.15) is 5.60 Å². The Kier molecular flexibility index (Phi) is 4.56. The minimum Gasteiger partial charge on any atom is -0.444 e. The SMILES string of the molecule is CC(C)(C)OC(=O)NC[C@@H]1CCNC[C@@H]1O. The average molecular weight is 230 g/mol. The number of alkyl carbamates (subject to hydrolysis) is 1. The first-order valence-electron chi connectivity index (χ1n) is 5.74. The molecule has 1 heterocycles. The number of rotatable bonds is 2. The summed E-state index contributed by atoms with van der Waals surface area (Å²) in [5.41, 5.74) is -0.475. The molecule has 94 valence electrons. The van der Waals surface area contributed by atoms with Crippen molar-refractivity contribution in [3.05, 3.63) is 0 Å². The van der Waals surface area contributed by atoms with Gasteiger partial charge in [-0.05, 0) is 33.7 Å². The molecule has 0 saturated carbocycles. The van der Waals surface area contributed by atoms with Crippen molar-refractivity contribution in [2.45, 2.75) is 38.9 Å². The van der Waals surface area contributed by atoms with Gasteiger partial charge in [-0.25, -0.2) is 4.79 Å². The van der Waals surface area contributed by atoms with Gasteiger partial charge in [-0.2, -0.15) is 0 Å². The molecule has 0 spiro atoms. The van der Waals surface area contributed by atoms with E-state index >= 15 is 0 Å². The van der Waals surface area contributed by atoms with Crippen LogP contribution in [-0.4, -0.2) is 42.5 Å². The van der Waals surface area contributed by atoms with Crippen LogP contribution in [0, 0.1) is 5.92 Å². The molecule has 0 aromatic carbocycles. The molecule has 5 nitrogen and oxygen atoms in total. The predicted molar refractivity (Wildman–Crippen MR) is 61.2 cm³/mol. The maximum absolute atomic E-state index is 11.4. The van der Waals surface area contributed by atoms with Gasteiger partial charge >= 0.3 is 6.09 Å². The lowest BCUT2D eigenvalue weighted by Gasteiger charge is -2.28. The molecule has 1 fully saturated rings. The third-order valence-corrected chi connectivity index (χ3v) is 2.50. The number of aliphatic hydroxyl groups excluding tert-OH is 1. The molecule has 1 rings (SSSR count). The van der Waals surface area contributed by atoms with E-state index in [4.69, 9.17) is 4.74 Å². The van der Waals surface area contributed by atoms with Crippen LogP contribution in [0.5, 0.6) is 0 Å². The van der Waals surface area contributed by atoms with Gasteiger partial charge in [0.05, 0.1) is 6.10 Å². The van der Waals surface area contributed by atoms with Crippen molar-refractivity contribution in [2.24, 2.45) is 5.92 Å². The molecule has 1 saturated heterocycles. The molecule has 1 aliphatic rings. The van der Waals surface area contributed by atoms with Crippen LogP contribution in [0.1, 0.15) is 27.2 Å². The van der Waals surface area contributed by atoms with Gasteiger partial charge in [0.2, 0.25) is 0 Å². The lowest BCUT2D eigenvalue weighted by molar-refractivity contribution is 0.0457. The summed E-state index contributed by atoms with van der Waals surface area (Å²) in [4.78, 5) is 11.4. The summed E-state index contributed by atoms with van der Waals surface area (Å²) in [7, 11) is 0. The normalized spacial score (nSPS) is 26.2. The monoisotopic (exact) mass is 230 g/mol. The molecule has 16 heavy (non-hydrogen) atoms. The number of carbonyl (C=O) groups excluding carboxylic acids is 1. The summed E-state index contributed by atoms with van der Waals surface area (Å²) in [6.07, 6.45) is 0.0682. The number of hydrogen-bond donors (Lipinski definition) is 3. The molecule has 0 unspecified atom stereocenters. The molecule has 1 amide bonds. The van der Waals surface area contributed by atoms with Gasteiger partial charge in [-0.3, -0.25) is 0 Å². The Labute approximate surface area is 96.6 Å². The molecule has 0 aromatic rings. The number of nitrogens with one attached hydrogen (secondary N) is 2. The molecule has 0 radical (unpaired) electrons. The van der Waals surface area contributed by atoms with Crippen molar-refractivity contribution in [2.75, 3.05) is 19.6 Å². The Morgan fingerprint density at radius 1 is 1.56 bits per heavy atom. The highest BCUT2D eigenvalue weighted by molar-refractivity contribution is 5.67. The average Bonchev–Trinajstić information content (AvgIpc) is 2.14. The quantitative estimate of drug-likeness (QED) is 0.645. The lowest BCUT2D eigenvalue weighted by atomic mass is 9.95. The first-order chi connectivity index (χ1) is 7.38. The van der Waals surface area contributed by atoms with Crippen LogP contribution in [0.15, 0.2) is 0 Å². The molecule has 5 heteroatoms. The van der Waals surface area contributed by atoms with Crippen molar-refractivity contribution < 1.29 is 14.6 Å². The third-order valence-electron chi connectivity index (χ3n) is 2.50. The molecular weight excluding hydrogens is 208 g/mol. The maximum Gasteiger partial charge on any atom is 0.407 e. The number of hydrogen-bond acceptors (Lipinski definition) is 4. The van der Waals surface area contributed by atoms with E-state index in [1.807, 2.05) is 20.8 Å². The number of ether oxygens (including phenoxy) is 1. The molecule has 2 atom stereocenters. The van der Waals surface area contributed by atoms with E-state index in [1.165, 1.54) is 0 Å². The topological polar surface area (TPSA) is 70.6 Å². The van der Waals surface area contributed by atoms with Crippen LogP contribution >= 0.6 is 0 Å². The van der Waals surface area contributed by atoms with Crippen LogP contribution < -0.4 is 10.6 Å². The highest BCUT2D eigenvalue weighted by atomic mass is 16.6. The van der Waals surface area contributed by atoms with Gasteiger partial charge in [-0.1, -0.05) is 0 Å². The van der Waals surface area contributed by atoms with Crippen molar-refractivity contribution in [1.29, 1.82) is 0 Å². The van der Waals surface area contributed by atoms with E-state index in [9.17, 15) is 9.90 Å². The largest absolute Gasteiger partial charge is 0.444 e. The Morgan fingerprint density at radius 2 is 2.25 bits per heavy atom. The fraction of sp³-hybridized carbons (Fsp3) is 0.909. The number of piperidine rings is 1. The minimum atomic E-state index is -0.475. The molecule has 3 N–H and O–H groups in total. The first kappa shape index (κ1) is 13.3. The molecule has 0 aliphatic carbocycles. The number of aliphatic hydroxyl groups is 1. The van der Waals surface area contributed by atoms with Gasteiger partial charge in [0, 0.05) is 19.0 Å². The Balaban J connectivity index is 2.25. The van der Waals surface area contributed by atoms with Crippen molar-refractivity contribution in [1.82, 2.24) is 10.6 Å². The smallest absolute Gasteiger partial charge is 0.407 e. The highest BCUT2D eigenvalue weighted by Crippen LogP contribution is 2.12. The lowest BCUT2D eigenvalue weighted by Crippen LogP contribution is -2.46. The van der Waals surface area contributed by atoms with Crippen LogP contribution in [0.2, 0.25) is 0 Å². The van der Waals surface area contributed by atoms with E-state index in [0.29, 0.717) is 13.1 Å². The number of carbonyl (C=O) groups is 1. The summed E-state index contributed by atoms with van der Waals surface area (Å²) >= 11 is 0. The first-order valence-corrected chi connectivity index (χ1v) is 5.74. The summed E-state index contributed by atoms with van der Waals surface area (Å²) in [5.74, 6) is 0.119. The maximum atomic E-state index is 11.4. The van der Waals surface area contributed by atoms with E-state index in [-0.39, 0.29) is 12.0 Å². The second kappa shape index (κ2) is 5.50. The Hall–Kier alpha value is -0.810. The Bertz CT molecular complexity index is 238. The van der Waals surface area contributed by atoms with Gasteiger partial charge < -0.3 is 20.5 Å². The molecular formula is C11H22N2O3. The van der Waals surface area contributed by atoms with E-state index in [0.717, 1.165) is 13.0 Å². The second-order valence-electron chi connectivity index (χ2n) is 5.20. The third kappa shape index (κ3) is 4.81. The zero-order valence-electron chi connectivity index (χ0n) is 10.2. The predicted octanol–water partition coefficient (Wildman–Crippen LogP) is 0.481. The summed E-state index contributed by atoms with van der Waals surface area (Å²) < 4.78 is 5.12. The zero-order valence-corrected chi connectivity index (χ0v) is 10.2. The number of amides is 1. The summed E-state index contributed by atoms with van der Waals surface area (Å²) in [5, 5.41) is 15.4. The van der Waals surface area contributed by atoms with Gasteiger partial charge in [0.15, 0.2) is 0 Å². The molecule has 0 bridgehead atoms. The van der Waals surface area contributed by atoms with Crippen LogP contribution in [0.4, 0.5) is 4.79 Å². The van der Waals surface area contributed by atoms with E-state index in [2.05, 4.69) is 10.6 Å². The highest BCUT2D eigenvalue weighted by Gasteiger charge is 2.24. The van der Waals surface area contributed by atoms with Crippen molar-refractivity contribution in [3.8, 4) is 0 Å². The Morgan fingerprint density at radius 3 is 2.81 bits per heavy atom. The fourth-order valence-electron chi connectivity index (χ4n) is 1.66. The van der Waals surface area contributed by atoms with Crippen LogP contribution in [0.25, 0.3) is 0 Å². The molecule has 1 aliphatic heterocycles. The second-order valence-corrected chi connectivity index (χ2v) is 5.20. The minimum absolute atomic E-state index is 0.119. The molecule has 0 aromatic heterocycles. The zero-order chi connectivity index (χ0) is 12.2. The number of β-amino-alcohol motifs (C(OH)–C–C–N with tert-alkyl or cyclic N) is 1. The summed E-state index contributed by atoms with van der Waals surface area (Å²) in [6.45, 7) is 7.43. The summed E-state index contributed by atoms with van der Waals surface area (Å²) in [6, 6.07) is 0. The fourth-order valence-corrected chi connectivity index (χ4v) is 1.66. The van der Waals surface area contributed by atoms with E-state index < -0.39 is 11.7 Å².